The molecule has 0 aliphatic rings. The van der Waals surface area contributed by atoms with Crippen molar-refractivity contribution >= 4 is 82.4 Å². The molecule has 0 aliphatic heterocycles. The molecule has 0 fully saturated rings. The lowest BCUT2D eigenvalue weighted by Crippen LogP contribution is -2.11. The first-order chi connectivity index (χ1) is 26.3. The molecule has 2 aromatic heterocycles. The van der Waals surface area contributed by atoms with Crippen molar-refractivity contribution in [1.82, 2.24) is 4.57 Å². The van der Waals surface area contributed by atoms with E-state index in [0.29, 0.717) is 0 Å². The highest BCUT2D eigenvalue weighted by Crippen LogP contribution is 2.48. The number of para-hydroxylation sites is 3. The molecule has 0 N–H and O–H groups in total. The predicted molar refractivity (Wildman–Crippen MR) is 223 cm³/mol. The summed E-state index contributed by atoms with van der Waals surface area (Å²) in [6, 6.07) is 69.8. The summed E-state index contributed by atoms with van der Waals surface area (Å²) in [7, 11) is 0. The Kier molecular flexibility index (Phi) is 6.55. The third-order valence-electron chi connectivity index (χ3n) is 10.7. The van der Waals surface area contributed by atoms with Crippen molar-refractivity contribution < 1.29 is 4.42 Å². The molecule has 0 radical (unpaired) electrons. The summed E-state index contributed by atoms with van der Waals surface area (Å²) in [6.45, 7) is 0. The molecule has 0 saturated carbocycles. The van der Waals surface area contributed by atoms with Crippen molar-refractivity contribution in [2.24, 2.45) is 0 Å². The van der Waals surface area contributed by atoms with E-state index in [1.807, 2.05) is 6.07 Å². The maximum Gasteiger partial charge on any atom is 0.138 e. The lowest BCUT2D eigenvalue weighted by Gasteiger charge is -2.28. The van der Waals surface area contributed by atoms with Crippen LogP contribution in [0.1, 0.15) is 0 Å². The Bertz CT molecular complexity index is 3170. The average Bonchev–Trinajstić information content (AvgIpc) is 3.76. The van der Waals surface area contributed by atoms with Gasteiger partial charge < -0.3 is 13.9 Å². The van der Waals surface area contributed by atoms with Gasteiger partial charge in [0.2, 0.25) is 0 Å². The lowest BCUT2D eigenvalue weighted by atomic mass is 9.99. The van der Waals surface area contributed by atoms with Crippen molar-refractivity contribution in [3.05, 3.63) is 194 Å². The fourth-order valence-electron chi connectivity index (χ4n) is 8.29. The third-order valence-corrected chi connectivity index (χ3v) is 10.7. The van der Waals surface area contributed by atoms with Gasteiger partial charge >= 0.3 is 0 Å². The molecule has 0 aliphatic carbocycles. The van der Waals surface area contributed by atoms with Gasteiger partial charge in [-0.25, -0.2) is 0 Å². The molecular formula is C50H32N2O. The minimum atomic E-state index is 0.874. The molecule has 9 aromatic carbocycles. The Balaban J connectivity index is 1.19. The van der Waals surface area contributed by atoms with Gasteiger partial charge in [-0.05, 0) is 94.0 Å². The number of hydrogen-bond donors (Lipinski definition) is 0. The first kappa shape index (κ1) is 29.6. The van der Waals surface area contributed by atoms with Crippen molar-refractivity contribution in [3.63, 3.8) is 0 Å². The van der Waals surface area contributed by atoms with Crippen LogP contribution in [0.15, 0.2) is 199 Å². The zero-order chi connectivity index (χ0) is 34.9. The fraction of sp³-hybridized carbons (Fsp3) is 0. The summed E-state index contributed by atoms with van der Waals surface area (Å²) >= 11 is 0. The fourth-order valence-corrected chi connectivity index (χ4v) is 8.29. The summed E-state index contributed by atoms with van der Waals surface area (Å²) in [5, 5.41) is 9.40. The Morgan fingerprint density at radius 1 is 0.377 bits per heavy atom. The van der Waals surface area contributed by atoms with E-state index in [4.69, 9.17) is 4.42 Å². The van der Waals surface area contributed by atoms with E-state index in [1.54, 1.807) is 0 Å². The molecule has 0 unspecified atom stereocenters. The number of fused-ring (bicyclic) bond motifs is 8. The van der Waals surface area contributed by atoms with Crippen LogP contribution in [0.2, 0.25) is 0 Å². The van der Waals surface area contributed by atoms with Gasteiger partial charge in [-0.15, -0.1) is 0 Å². The highest BCUT2D eigenvalue weighted by molar-refractivity contribution is 6.22. The van der Waals surface area contributed by atoms with Gasteiger partial charge in [0.25, 0.3) is 0 Å². The minimum absolute atomic E-state index is 0.874. The van der Waals surface area contributed by atoms with Crippen LogP contribution in [0.4, 0.5) is 17.1 Å². The van der Waals surface area contributed by atoms with E-state index < -0.39 is 0 Å². The van der Waals surface area contributed by atoms with Crippen LogP contribution in [0.25, 0.3) is 82.1 Å². The van der Waals surface area contributed by atoms with E-state index in [9.17, 15) is 0 Å². The maximum absolute atomic E-state index is 6.59. The predicted octanol–water partition coefficient (Wildman–Crippen LogP) is 14.1. The van der Waals surface area contributed by atoms with Crippen LogP contribution in [-0.4, -0.2) is 4.57 Å². The molecule has 11 rings (SSSR count). The van der Waals surface area contributed by atoms with Gasteiger partial charge in [-0.1, -0.05) is 127 Å². The molecule has 53 heavy (non-hydrogen) atoms. The number of anilines is 3. The normalized spacial score (nSPS) is 11.8. The Labute approximate surface area is 306 Å². The molecular weight excluding hydrogens is 645 g/mol. The molecule has 3 heteroatoms. The van der Waals surface area contributed by atoms with Crippen molar-refractivity contribution in [2.75, 3.05) is 4.90 Å². The second-order valence-electron chi connectivity index (χ2n) is 13.8. The van der Waals surface area contributed by atoms with Crippen molar-refractivity contribution in [2.45, 2.75) is 0 Å². The molecule has 2 heterocycles. The molecule has 0 amide bonds. The smallest absolute Gasteiger partial charge is 0.138 e. The Morgan fingerprint density at radius 2 is 1.02 bits per heavy atom. The van der Waals surface area contributed by atoms with Crippen LogP contribution >= 0.6 is 0 Å². The SMILES string of the molecule is c1ccc(-n2c3ccccc3c3cc(N(c4ccc(-c5ccc6ccccc6c5)cc4)c4c5ccccc5cc5oc6ccccc6c45)ccc32)cc1. The van der Waals surface area contributed by atoms with Gasteiger partial charge in [-0.2, -0.15) is 0 Å². The van der Waals surface area contributed by atoms with Crippen LogP contribution in [-0.2, 0) is 0 Å². The van der Waals surface area contributed by atoms with Crippen LogP contribution in [0, 0.1) is 0 Å². The largest absolute Gasteiger partial charge is 0.456 e. The zero-order valence-electron chi connectivity index (χ0n) is 28.8. The van der Waals surface area contributed by atoms with E-state index in [0.717, 1.165) is 55.5 Å². The first-order valence-electron chi connectivity index (χ1n) is 18.1. The highest BCUT2D eigenvalue weighted by Gasteiger charge is 2.24. The minimum Gasteiger partial charge on any atom is -0.456 e. The highest BCUT2D eigenvalue weighted by atomic mass is 16.3. The summed E-state index contributed by atoms with van der Waals surface area (Å²) in [5.74, 6) is 0. The zero-order valence-corrected chi connectivity index (χ0v) is 28.8. The molecule has 0 atom stereocenters. The molecule has 0 saturated heterocycles. The van der Waals surface area contributed by atoms with Gasteiger partial charge in [0.15, 0.2) is 0 Å². The van der Waals surface area contributed by atoms with Gasteiger partial charge in [0.05, 0.1) is 22.1 Å². The van der Waals surface area contributed by atoms with Crippen LogP contribution in [0.3, 0.4) is 0 Å². The second-order valence-corrected chi connectivity index (χ2v) is 13.8. The second kappa shape index (κ2) is 11.7. The van der Waals surface area contributed by atoms with Crippen molar-refractivity contribution in [1.29, 1.82) is 0 Å². The van der Waals surface area contributed by atoms with Gasteiger partial charge in [0, 0.05) is 38.6 Å². The standard InChI is InChI=1S/C50H32N2O/c1-2-15-38(16-3-1)52-45-20-10-8-18-42(45)44-32-40(28-29-46(44)52)51(39-26-24-34(25-27-39)36-23-22-33-12-4-5-13-35(33)30-36)50-41-17-7-6-14-37(41)31-48-49(50)43-19-9-11-21-47(43)53-48/h1-32H. The molecule has 248 valence electrons. The number of nitrogens with zero attached hydrogens (tertiary/aromatic N) is 2. The molecule has 0 spiro atoms. The summed E-state index contributed by atoms with van der Waals surface area (Å²) < 4.78 is 8.96. The van der Waals surface area contributed by atoms with E-state index in [2.05, 4.69) is 198 Å². The average molecular weight is 677 g/mol. The lowest BCUT2D eigenvalue weighted by molar-refractivity contribution is 0.669. The van der Waals surface area contributed by atoms with E-state index in [-0.39, 0.29) is 0 Å². The summed E-state index contributed by atoms with van der Waals surface area (Å²) in [5.41, 5.74) is 10.9. The number of benzene rings is 9. The van der Waals surface area contributed by atoms with Crippen molar-refractivity contribution in [3.8, 4) is 16.8 Å². The topological polar surface area (TPSA) is 21.3 Å². The third kappa shape index (κ3) is 4.68. The van der Waals surface area contributed by atoms with Gasteiger partial charge in [0.1, 0.15) is 11.2 Å². The van der Waals surface area contributed by atoms with E-state index in [1.165, 1.54) is 43.7 Å². The Morgan fingerprint density at radius 3 is 1.87 bits per heavy atom. The molecule has 0 bridgehead atoms. The number of aromatic nitrogens is 1. The summed E-state index contributed by atoms with van der Waals surface area (Å²) in [4.78, 5) is 2.44. The monoisotopic (exact) mass is 676 g/mol. The molecule has 3 nitrogen and oxygen atoms in total. The summed E-state index contributed by atoms with van der Waals surface area (Å²) in [6.07, 6.45) is 0. The quantitative estimate of drug-likeness (QED) is 0.181. The van der Waals surface area contributed by atoms with Crippen LogP contribution < -0.4 is 4.90 Å². The van der Waals surface area contributed by atoms with Crippen LogP contribution in [0.5, 0.6) is 0 Å². The Hall–Kier alpha value is -7.10. The number of hydrogen-bond acceptors (Lipinski definition) is 2. The number of furan rings is 1. The maximum atomic E-state index is 6.59. The number of rotatable bonds is 5. The molecule has 11 aromatic rings. The first-order valence-corrected chi connectivity index (χ1v) is 18.1. The van der Waals surface area contributed by atoms with E-state index >= 15 is 0 Å². The van der Waals surface area contributed by atoms with Gasteiger partial charge in [-0.3, -0.25) is 0 Å².